The maximum atomic E-state index is 12.4. The molecule has 2 nitrogen and oxygen atoms in total. The van der Waals surface area contributed by atoms with E-state index in [0.717, 1.165) is 0 Å². The Labute approximate surface area is 91.7 Å². The van der Waals surface area contributed by atoms with Crippen LogP contribution < -0.4 is 0 Å². The maximum absolute atomic E-state index is 12.4. The van der Waals surface area contributed by atoms with E-state index in [1.165, 1.54) is 0 Å². The van der Waals surface area contributed by atoms with Crippen LogP contribution in [0.4, 0.5) is 22.0 Å². The summed E-state index contributed by atoms with van der Waals surface area (Å²) >= 11 is 5.25. The van der Waals surface area contributed by atoms with E-state index < -0.39 is 35.5 Å². The molecule has 0 aliphatic carbocycles. The topological polar surface area (TPSA) is 33.1 Å². The summed E-state index contributed by atoms with van der Waals surface area (Å²) in [6, 6.07) is 0. The molecule has 90 valence electrons. The van der Waals surface area contributed by atoms with Crippen LogP contribution in [0.2, 0.25) is 0 Å². The van der Waals surface area contributed by atoms with Gasteiger partial charge in [0, 0.05) is 12.1 Å². The van der Waals surface area contributed by atoms with E-state index in [0.29, 0.717) is 6.20 Å². The highest BCUT2D eigenvalue weighted by Crippen LogP contribution is 2.40. The van der Waals surface area contributed by atoms with E-state index in [2.05, 4.69) is 4.98 Å². The molecule has 0 fully saturated rings. The smallest absolute Gasteiger partial charge is 0.437 e. The fourth-order valence-corrected chi connectivity index (χ4v) is 1.32. The van der Waals surface area contributed by atoms with Gasteiger partial charge in [-0.1, -0.05) is 0 Å². The van der Waals surface area contributed by atoms with Gasteiger partial charge in [-0.05, 0) is 5.56 Å². The van der Waals surface area contributed by atoms with Crippen LogP contribution in [0.15, 0.2) is 6.20 Å². The van der Waals surface area contributed by atoms with Crippen molar-refractivity contribution >= 4 is 11.6 Å². The first-order chi connectivity index (χ1) is 7.29. The molecule has 0 aromatic carbocycles. The second-order valence-electron chi connectivity index (χ2n) is 2.83. The molecule has 0 spiro atoms. The SMILES string of the molecule is Oc1c(C(F)(F)F)ncc(CCl)c1C(F)F. The Balaban J connectivity index is 3.44. The molecule has 0 bridgehead atoms. The molecule has 1 N–H and O–H groups in total. The van der Waals surface area contributed by atoms with Gasteiger partial charge in [-0.15, -0.1) is 11.6 Å². The van der Waals surface area contributed by atoms with Crippen LogP contribution in [-0.4, -0.2) is 10.1 Å². The molecule has 1 heterocycles. The third kappa shape index (κ3) is 2.34. The summed E-state index contributed by atoms with van der Waals surface area (Å²) in [4.78, 5) is 2.87. The lowest BCUT2D eigenvalue weighted by Crippen LogP contribution is -2.11. The van der Waals surface area contributed by atoms with Crippen molar-refractivity contribution in [3.8, 4) is 5.75 Å². The third-order valence-corrected chi connectivity index (χ3v) is 2.09. The van der Waals surface area contributed by atoms with Crippen molar-refractivity contribution < 1.29 is 27.1 Å². The number of hydrogen-bond donors (Lipinski definition) is 1. The van der Waals surface area contributed by atoms with Crippen molar-refractivity contribution in [2.45, 2.75) is 18.5 Å². The van der Waals surface area contributed by atoms with E-state index in [4.69, 9.17) is 16.7 Å². The first-order valence-corrected chi connectivity index (χ1v) is 4.44. The summed E-state index contributed by atoms with van der Waals surface area (Å²) in [6.45, 7) is 0. The fraction of sp³-hybridized carbons (Fsp3) is 0.375. The highest BCUT2D eigenvalue weighted by molar-refractivity contribution is 6.17. The Bertz CT molecular complexity index is 393. The number of rotatable bonds is 2. The highest BCUT2D eigenvalue weighted by Gasteiger charge is 2.38. The van der Waals surface area contributed by atoms with Crippen molar-refractivity contribution in [3.63, 3.8) is 0 Å². The van der Waals surface area contributed by atoms with Gasteiger partial charge < -0.3 is 5.11 Å². The Kier molecular flexibility index (Phi) is 3.57. The van der Waals surface area contributed by atoms with Gasteiger partial charge >= 0.3 is 6.18 Å². The molecule has 0 radical (unpaired) electrons. The van der Waals surface area contributed by atoms with Crippen molar-refractivity contribution in [1.29, 1.82) is 0 Å². The number of hydrogen-bond acceptors (Lipinski definition) is 2. The highest BCUT2D eigenvalue weighted by atomic mass is 35.5. The summed E-state index contributed by atoms with van der Waals surface area (Å²) < 4.78 is 61.5. The van der Waals surface area contributed by atoms with E-state index in [1.807, 2.05) is 0 Å². The van der Waals surface area contributed by atoms with Gasteiger partial charge in [0.05, 0.1) is 5.56 Å². The molecule has 1 aromatic heterocycles. The van der Waals surface area contributed by atoms with Gasteiger partial charge in [-0.25, -0.2) is 13.8 Å². The second-order valence-corrected chi connectivity index (χ2v) is 3.09. The van der Waals surface area contributed by atoms with Crippen LogP contribution in [0.3, 0.4) is 0 Å². The van der Waals surface area contributed by atoms with Crippen LogP contribution in [0.1, 0.15) is 23.2 Å². The number of halogens is 6. The van der Waals surface area contributed by atoms with Crippen molar-refractivity contribution in [2.24, 2.45) is 0 Å². The zero-order valence-corrected chi connectivity index (χ0v) is 8.28. The van der Waals surface area contributed by atoms with Crippen molar-refractivity contribution in [2.75, 3.05) is 0 Å². The van der Waals surface area contributed by atoms with Crippen LogP contribution >= 0.6 is 11.6 Å². The quantitative estimate of drug-likeness (QED) is 0.653. The van der Waals surface area contributed by atoms with Crippen LogP contribution in [-0.2, 0) is 12.1 Å². The van der Waals surface area contributed by atoms with Crippen LogP contribution in [0, 0.1) is 0 Å². The Morgan fingerprint density at radius 1 is 1.38 bits per heavy atom. The Morgan fingerprint density at radius 2 is 1.94 bits per heavy atom. The Morgan fingerprint density at radius 3 is 2.31 bits per heavy atom. The van der Waals surface area contributed by atoms with Gasteiger partial charge in [-0.3, -0.25) is 0 Å². The predicted octanol–water partition coefficient (Wildman–Crippen LogP) is 3.48. The van der Waals surface area contributed by atoms with Crippen LogP contribution in [0.5, 0.6) is 5.75 Å². The monoisotopic (exact) mass is 261 g/mol. The summed E-state index contributed by atoms with van der Waals surface area (Å²) in [7, 11) is 0. The normalized spacial score (nSPS) is 12.2. The first kappa shape index (κ1) is 13.0. The lowest BCUT2D eigenvalue weighted by atomic mass is 10.1. The molecular weight excluding hydrogens is 257 g/mol. The number of aromatic nitrogens is 1. The molecule has 0 unspecified atom stereocenters. The van der Waals surface area contributed by atoms with E-state index in [9.17, 15) is 22.0 Å². The minimum Gasteiger partial charge on any atom is -0.505 e. The van der Waals surface area contributed by atoms with E-state index >= 15 is 0 Å². The van der Waals surface area contributed by atoms with Crippen molar-refractivity contribution in [1.82, 2.24) is 4.98 Å². The average molecular weight is 262 g/mol. The molecule has 1 rings (SSSR count). The van der Waals surface area contributed by atoms with Gasteiger partial charge in [0.2, 0.25) is 0 Å². The number of aromatic hydroxyl groups is 1. The molecule has 0 saturated carbocycles. The molecule has 0 amide bonds. The molecule has 16 heavy (non-hydrogen) atoms. The Hall–Kier alpha value is -1.11. The zero-order valence-electron chi connectivity index (χ0n) is 7.52. The number of nitrogens with zero attached hydrogens (tertiary/aromatic N) is 1. The molecule has 0 aliphatic rings. The minimum atomic E-state index is -4.99. The molecular formula is C8H5ClF5NO. The summed E-state index contributed by atoms with van der Waals surface area (Å²) in [6.07, 6.45) is -7.66. The van der Waals surface area contributed by atoms with E-state index in [-0.39, 0.29) is 5.56 Å². The molecule has 0 aliphatic heterocycles. The summed E-state index contributed by atoms with van der Waals surface area (Å²) in [5.41, 5.74) is -3.20. The largest absolute Gasteiger partial charge is 0.505 e. The second kappa shape index (κ2) is 4.40. The standard InChI is InChI=1S/C8H5ClF5NO/c9-1-3-2-15-6(8(12,13)14)5(16)4(3)7(10)11/h2,7,16H,1H2. The summed E-state index contributed by atoms with van der Waals surface area (Å²) in [5, 5.41) is 9.09. The van der Waals surface area contributed by atoms with Gasteiger partial charge in [0.25, 0.3) is 6.43 Å². The molecule has 8 heteroatoms. The van der Waals surface area contributed by atoms with Gasteiger partial charge in [-0.2, -0.15) is 13.2 Å². The van der Waals surface area contributed by atoms with Crippen LogP contribution in [0.25, 0.3) is 0 Å². The first-order valence-electron chi connectivity index (χ1n) is 3.91. The fourth-order valence-electron chi connectivity index (χ4n) is 1.11. The van der Waals surface area contributed by atoms with Crippen molar-refractivity contribution in [3.05, 3.63) is 23.0 Å². The van der Waals surface area contributed by atoms with Gasteiger partial charge in [0.1, 0.15) is 0 Å². The molecule has 1 aromatic rings. The van der Waals surface area contributed by atoms with E-state index in [1.54, 1.807) is 0 Å². The maximum Gasteiger partial charge on any atom is 0.437 e. The number of pyridine rings is 1. The minimum absolute atomic E-state index is 0.331. The lowest BCUT2D eigenvalue weighted by molar-refractivity contribution is -0.142. The number of alkyl halides is 6. The predicted molar refractivity (Wildman–Crippen MR) is 45.4 cm³/mol. The average Bonchev–Trinajstić information content (AvgIpc) is 2.14. The lowest BCUT2D eigenvalue weighted by Gasteiger charge is -2.13. The third-order valence-electron chi connectivity index (χ3n) is 1.81. The molecule has 0 atom stereocenters. The van der Waals surface area contributed by atoms with Gasteiger partial charge in [0.15, 0.2) is 11.4 Å². The summed E-state index contributed by atoms with van der Waals surface area (Å²) in [5.74, 6) is -2.03. The zero-order chi connectivity index (χ0) is 12.5. The molecule has 0 saturated heterocycles.